The Morgan fingerprint density at radius 3 is 1.50 bits per heavy atom. The molecule has 0 amide bonds. The van der Waals surface area contributed by atoms with Crippen LogP contribution in [0.2, 0.25) is 0 Å². The van der Waals surface area contributed by atoms with E-state index in [9.17, 15) is 0 Å². The molecule has 0 bridgehead atoms. The Hall–Kier alpha value is -0.280. The summed E-state index contributed by atoms with van der Waals surface area (Å²) in [5.74, 6) is 0. The summed E-state index contributed by atoms with van der Waals surface area (Å²) in [6.45, 7) is 9.79. The zero-order valence-corrected chi connectivity index (χ0v) is 20.7. The second-order valence-electron chi connectivity index (χ2n) is 8.20. The average molecular weight is 463 g/mol. The van der Waals surface area contributed by atoms with E-state index in [2.05, 4.69) is 6.92 Å². The first-order valence-corrected chi connectivity index (χ1v) is 13.1. The molecule has 7 heteroatoms. The maximum atomic E-state index is 5.60. The highest BCUT2D eigenvalue weighted by Gasteiger charge is 2.13. The van der Waals surface area contributed by atoms with E-state index in [1.54, 1.807) is 0 Å². The van der Waals surface area contributed by atoms with Crippen LogP contribution in [0.5, 0.6) is 0 Å². The highest BCUT2D eigenvalue weighted by Crippen LogP contribution is 2.13. The van der Waals surface area contributed by atoms with Gasteiger partial charge in [-0.05, 0) is 25.7 Å². The van der Waals surface area contributed by atoms with Crippen LogP contribution in [0.15, 0.2) is 0 Å². The number of ether oxygens (including phenoxy) is 7. The zero-order chi connectivity index (χ0) is 22.8. The standard InChI is InChI=1S/C25H50O7/c1-2-3-4-5-6-7-8-10-13-26-15-16-27-17-18-28-19-20-29-21-22-30-23-24-32-25-12-9-11-14-31-25/h25H,2-24H2,1H3. The van der Waals surface area contributed by atoms with Crippen LogP contribution in [-0.4, -0.2) is 85.6 Å². The van der Waals surface area contributed by atoms with Crippen LogP contribution in [0.4, 0.5) is 0 Å². The summed E-state index contributed by atoms with van der Waals surface area (Å²) in [5.41, 5.74) is 0. The van der Waals surface area contributed by atoms with E-state index < -0.39 is 0 Å². The van der Waals surface area contributed by atoms with E-state index in [0.717, 1.165) is 32.5 Å². The van der Waals surface area contributed by atoms with Gasteiger partial charge in [-0.15, -0.1) is 0 Å². The molecular formula is C25H50O7. The van der Waals surface area contributed by atoms with Crippen LogP contribution in [0.25, 0.3) is 0 Å². The molecule has 1 atom stereocenters. The molecule has 1 fully saturated rings. The molecule has 7 nitrogen and oxygen atoms in total. The molecule has 1 saturated heterocycles. The fraction of sp³-hybridized carbons (Fsp3) is 1.00. The van der Waals surface area contributed by atoms with E-state index in [-0.39, 0.29) is 6.29 Å². The molecule has 1 unspecified atom stereocenters. The molecule has 1 rings (SSSR count). The van der Waals surface area contributed by atoms with Crippen molar-refractivity contribution in [3.8, 4) is 0 Å². The lowest BCUT2D eigenvalue weighted by molar-refractivity contribution is -0.169. The smallest absolute Gasteiger partial charge is 0.157 e. The lowest BCUT2D eigenvalue weighted by atomic mass is 10.1. The third kappa shape index (κ3) is 21.6. The molecule has 32 heavy (non-hydrogen) atoms. The second-order valence-corrected chi connectivity index (χ2v) is 8.20. The molecule has 192 valence electrons. The lowest BCUT2D eigenvalue weighted by Gasteiger charge is -2.22. The maximum Gasteiger partial charge on any atom is 0.157 e. The fourth-order valence-corrected chi connectivity index (χ4v) is 3.40. The monoisotopic (exact) mass is 462 g/mol. The number of rotatable bonds is 25. The van der Waals surface area contributed by atoms with Gasteiger partial charge in [0, 0.05) is 13.2 Å². The summed E-state index contributed by atoms with van der Waals surface area (Å²) in [4.78, 5) is 0. The van der Waals surface area contributed by atoms with Crippen molar-refractivity contribution < 1.29 is 33.2 Å². The quantitative estimate of drug-likeness (QED) is 0.181. The van der Waals surface area contributed by atoms with Crippen molar-refractivity contribution in [1.29, 1.82) is 0 Å². The first kappa shape index (κ1) is 29.8. The van der Waals surface area contributed by atoms with Gasteiger partial charge in [0.25, 0.3) is 0 Å². The van der Waals surface area contributed by atoms with Gasteiger partial charge in [-0.1, -0.05) is 51.9 Å². The van der Waals surface area contributed by atoms with E-state index in [0.29, 0.717) is 66.1 Å². The van der Waals surface area contributed by atoms with Crippen molar-refractivity contribution in [3.63, 3.8) is 0 Å². The van der Waals surface area contributed by atoms with Gasteiger partial charge in [0.15, 0.2) is 6.29 Å². The van der Waals surface area contributed by atoms with Crippen molar-refractivity contribution in [3.05, 3.63) is 0 Å². The van der Waals surface area contributed by atoms with Crippen LogP contribution >= 0.6 is 0 Å². The van der Waals surface area contributed by atoms with Crippen LogP contribution in [0.3, 0.4) is 0 Å². The van der Waals surface area contributed by atoms with Gasteiger partial charge >= 0.3 is 0 Å². The molecule has 0 radical (unpaired) electrons. The fourth-order valence-electron chi connectivity index (χ4n) is 3.40. The van der Waals surface area contributed by atoms with Crippen molar-refractivity contribution in [2.75, 3.05) is 79.3 Å². The SMILES string of the molecule is CCCCCCCCCCOCCOCCOCCOCCOCCOC1CCCCO1. The molecule has 0 aromatic rings. The Morgan fingerprint density at radius 2 is 1.00 bits per heavy atom. The maximum absolute atomic E-state index is 5.60. The number of hydrogen-bond acceptors (Lipinski definition) is 7. The largest absolute Gasteiger partial charge is 0.379 e. The third-order valence-corrected chi connectivity index (χ3v) is 5.30. The predicted molar refractivity (Wildman–Crippen MR) is 126 cm³/mol. The van der Waals surface area contributed by atoms with E-state index in [4.69, 9.17) is 33.2 Å². The van der Waals surface area contributed by atoms with Crippen LogP contribution < -0.4 is 0 Å². The topological polar surface area (TPSA) is 64.6 Å². The summed E-state index contributed by atoms with van der Waals surface area (Å²) in [7, 11) is 0. The van der Waals surface area contributed by atoms with Gasteiger partial charge in [0.2, 0.25) is 0 Å². The van der Waals surface area contributed by atoms with Gasteiger partial charge in [-0.3, -0.25) is 0 Å². The molecule has 0 aromatic carbocycles. The summed E-state index contributed by atoms with van der Waals surface area (Å²) in [6.07, 6.45) is 13.9. The molecule has 1 aliphatic rings. The lowest BCUT2D eigenvalue weighted by Crippen LogP contribution is -2.24. The van der Waals surface area contributed by atoms with Gasteiger partial charge in [-0.25, -0.2) is 0 Å². The van der Waals surface area contributed by atoms with E-state index in [1.165, 1.54) is 51.4 Å². The van der Waals surface area contributed by atoms with Crippen LogP contribution in [0.1, 0.15) is 77.6 Å². The molecule has 0 saturated carbocycles. The minimum atomic E-state index is -0.0445. The highest BCUT2D eigenvalue weighted by molar-refractivity contribution is 4.53. The Bertz CT molecular complexity index is 351. The summed E-state index contributed by atoms with van der Waals surface area (Å²) in [6, 6.07) is 0. The van der Waals surface area contributed by atoms with Gasteiger partial charge in [-0.2, -0.15) is 0 Å². The van der Waals surface area contributed by atoms with Gasteiger partial charge in [0.05, 0.1) is 66.1 Å². The molecule has 0 N–H and O–H groups in total. The minimum absolute atomic E-state index is 0.0445. The van der Waals surface area contributed by atoms with Crippen molar-refractivity contribution in [2.45, 2.75) is 83.8 Å². The second kappa shape index (κ2) is 25.3. The molecule has 0 aromatic heterocycles. The summed E-state index contributed by atoms with van der Waals surface area (Å²) < 4.78 is 38.7. The van der Waals surface area contributed by atoms with Gasteiger partial charge < -0.3 is 33.2 Å². The minimum Gasteiger partial charge on any atom is -0.379 e. The third-order valence-electron chi connectivity index (χ3n) is 5.30. The number of unbranched alkanes of at least 4 members (excludes halogenated alkanes) is 7. The van der Waals surface area contributed by atoms with Crippen molar-refractivity contribution in [1.82, 2.24) is 0 Å². The van der Waals surface area contributed by atoms with Crippen LogP contribution in [0, 0.1) is 0 Å². The van der Waals surface area contributed by atoms with Crippen molar-refractivity contribution >= 4 is 0 Å². The van der Waals surface area contributed by atoms with E-state index >= 15 is 0 Å². The Balaban J connectivity index is 1.62. The molecule has 1 aliphatic heterocycles. The zero-order valence-electron chi connectivity index (χ0n) is 20.7. The Labute approximate surface area is 196 Å². The molecular weight excluding hydrogens is 412 g/mol. The van der Waals surface area contributed by atoms with Gasteiger partial charge in [0.1, 0.15) is 0 Å². The Kier molecular flexibility index (Phi) is 23.6. The summed E-state index contributed by atoms with van der Waals surface area (Å²) in [5, 5.41) is 0. The Morgan fingerprint density at radius 1 is 0.531 bits per heavy atom. The molecule has 0 aliphatic carbocycles. The van der Waals surface area contributed by atoms with Crippen LogP contribution in [-0.2, 0) is 33.2 Å². The summed E-state index contributed by atoms with van der Waals surface area (Å²) >= 11 is 0. The molecule has 1 heterocycles. The molecule has 0 spiro atoms. The van der Waals surface area contributed by atoms with E-state index in [1.807, 2.05) is 0 Å². The first-order valence-electron chi connectivity index (χ1n) is 13.1. The number of hydrogen-bond donors (Lipinski definition) is 0. The normalized spacial score (nSPS) is 16.6. The average Bonchev–Trinajstić information content (AvgIpc) is 2.82. The first-order chi connectivity index (χ1) is 15.9. The highest BCUT2D eigenvalue weighted by atomic mass is 16.7. The predicted octanol–water partition coefficient (Wildman–Crippen LogP) is 4.75. The van der Waals surface area contributed by atoms with Crippen molar-refractivity contribution in [2.24, 2.45) is 0 Å².